The predicted octanol–water partition coefficient (Wildman–Crippen LogP) is 4.36. The van der Waals surface area contributed by atoms with E-state index in [1.54, 1.807) is 23.1 Å². The minimum absolute atomic E-state index is 0.0662. The van der Waals surface area contributed by atoms with Crippen LogP contribution in [0.15, 0.2) is 23.8 Å². The minimum atomic E-state index is -0.651. The van der Waals surface area contributed by atoms with Gasteiger partial charge >= 0.3 is 5.97 Å². The fraction of sp³-hybridized carbons (Fsp3) is 0.542. The van der Waals surface area contributed by atoms with Crippen LogP contribution in [0.1, 0.15) is 59.9 Å². The minimum Gasteiger partial charge on any atom is -0.490 e. The van der Waals surface area contributed by atoms with Gasteiger partial charge in [-0.1, -0.05) is 19.4 Å². The Kier molecular flexibility index (Phi) is 11.2. The van der Waals surface area contributed by atoms with Crippen LogP contribution in [0.3, 0.4) is 0 Å². The molecule has 1 aromatic carbocycles. The van der Waals surface area contributed by atoms with Gasteiger partial charge in [0.2, 0.25) is 0 Å². The van der Waals surface area contributed by atoms with Gasteiger partial charge in [-0.05, 0) is 64.8 Å². The fourth-order valence-electron chi connectivity index (χ4n) is 3.08. The summed E-state index contributed by atoms with van der Waals surface area (Å²) in [6.45, 7) is 12.2. The standard InChI is InChI=1S/C24H34N2O5/c1-7-9-12-30-24(28)20(15-25)13-19-10-11-21(22(14-19)29-8-2)31-16-23(27)26(17(3)4)18(5)6/h10-11,13-14,17-18H,7-9,12,16H2,1-6H3/b20-13+. The van der Waals surface area contributed by atoms with Crippen LogP contribution in [0, 0.1) is 11.3 Å². The summed E-state index contributed by atoms with van der Waals surface area (Å²) in [5.74, 6) is 0.0884. The van der Waals surface area contributed by atoms with E-state index < -0.39 is 5.97 Å². The van der Waals surface area contributed by atoms with Crippen molar-refractivity contribution in [3.05, 3.63) is 29.3 Å². The van der Waals surface area contributed by atoms with Crippen LogP contribution in [-0.2, 0) is 14.3 Å². The van der Waals surface area contributed by atoms with Crippen molar-refractivity contribution >= 4 is 18.0 Å². The zero-order chi connectivity index (χ0) is 23.4. The first-order chi connectivity index (χ1) is 14.7. The van der Waals surface area contributed by atoms with Crippen molar-refractivity contribution in [1.29, 1.82) is 5.26 Å². The molecule has 170 valence electrons. The summed E-state index contributed by atoms with van der Waals surface area (Å²) >= 11 is 0. The third-order valence-electron chi connectivity index (χ3n) is 4.40. The third kappa shape index (κ3) is 8.33. The number of esters is 1. The molecule has 0 atom stereocenters. The van der Waals surface area contributed by atoms with Gasteiger partial charge < -0.3 is 19.1 Å². The lowest BCUT2D eigenvalue weighted by Gasteiger charge is -2.30. The van der Waals surface area contributed by atoms with Gasteiger partial charge in [0.15, 0.2) is 18.1 Å². The summed E-state index contributed by atoms with van der Waals surface area (Å²) in [5.41, 5.74) is 0.504. The van der Waals surface area contributed by atoms with Crippen molar-refractivity contribution in [1.82, 2.24) is 4.90 Å². The van der Waals surface area contributed by atoms with Gasteiger partial charge in [-0.2, -0.15) is 5.26 Å². The van der Waals surface area contributed by atoms with Crippen LogP contribution < -0.4 is 9.47 Å². The van der Waals surface area contributed by atoms with Crippen LogP contribution in [-0.4, -0.2) is 48.7 Å². The van der Waals surface area contributed by atoms with Crippen LogP contribution in [0.2, 0.25) is 0 Å². The summed E-state index contributed by atoms with van der Waals surface area (Å²) in [6, 6.07) is 7.04. The number of hydrogen-bond donors (Lipinski definition) is 0. The zero-order valence-electron chi connectivity index (χ0n) is 19.4. The number of benzene rings is 1. The van der Waals surface area contributed by atoms with E-state index in [2.05, 4.69) is 0 Å². The molecule has 31 heavy (non-hydrogen) atoms. The van der Waals surface area contributed by atoms with Crippen molar-refractivity contribution in [2.45, 2.75) is 66.5 Å². The highest BCUT2D eigenvalue weighted by molar-refractivity contribution is 5.98. The third-order valence-corrected chi connectivity index (χ3v) is 4.40. The number of rotatable bonds is 12. The maximum Gasteiger partial charge on any atom is 0.348 e. The topological polar surface area (TPSA) is 88.9 Å². The molecule has 7 heteroatoms. The van der Waals surface area contributed by atoms with Gasteiger partial charge in [0.05, 0.1) is 13.2 Å². The number of nitrogens with zero attached hydrogens (tertiary/aromatic N) is 2. The first-order valence-electron chi connectivity index (χ1n) is 10.7. The van der Waals surface area contributed by atoms with Gasteiger partial charge in [0, 0.05) is 12.1 Å². The molecule has 0 saturated carbocycles. The van der Waals surface area contributed by atoms with Crippen LogP contribution in [0.4, 0.5) is 0 Å². The molecule has 0 radical (unpaired) electrons. The molecule has 0 unspecified atom stereocenters. The zero-order valence-corrected chi connectivity index (χ0v) is 19.4. The Morgan fingerprint density at radius 2 is 1.77 bits per heavy atom. The van der Waals surface area contributed by atoms with E-state index in [1.165, 1.54) is 6.08 Å². The summed E-state index contributed by atoms with van der Waals surface area (Å²) in [5, 5.41) is 9.31. The molecule has 0 aromatic heterocycles. The van der Waals surface area contributed by atoms with Crippen molar-refractivity contribution in [3.8, 4) is 17.6 Å². The van der Waals surface area contributed by atoms with Crippen molar-refractivity contribution in [3.63, 3.8) is 0 Å². The van der Waals surface area contributed by atoms with Crippen molar-refractivity contribution in [2.24, 2.45) is 0 Å². The number of nitriles is 1. The lowest BCUT2D eigenvalue weighted by atomic mass is 10.1. The second-order valence-corrected chi connectivity index (χ2v) is 7.58. The summed E-state index contributed by atoms with van der Waals surface area (Å²) in [4.78, 5) is 26.4. The van der Waals surface area contributed by atoms with Crippen molar-refractivity contribution in [2.75, 3.05) is 19.8 Å². The molecule has 1 rings (SSSR count). The van der Waals surface area contributed by atoms with Gasteiger partial charge in [0.25, 0.3) is 5.91 Å². The summed E-state index contributed by atoms with van der Waals surface area (Å²) in [6.07, 6.45) is 3.09. The lowest BCUT2D eigenvalue weighted by molar-refractivity contribution is -0.138. The number of carbonyl (C=O) groups excluding carboxylic acids is 2. The Hall–Kier alpha value is -3.01. The van der Waals surface area contributed by atoms with E-state index in [-0.39, 0.29) is 36.8 Å². The van der Waals surface area contributed by atoms with Gasteiger partial charge in [-0.15, -0.1) is 0 Å². The maximum atomic E-state index is 12.6. The SMILES string of the molecule is CCCCOC(=O)/C(C#N)=C/c1ccc(OCC(=O)N(C(C)C)C(C)C)c(OCC)c1. The Morgan fingerprint density at radius 3 is 2.32 bits per heavy atom. The quantitative estimate of drug-likeness (QED) is 0.212. The van der Waals surface area contributed by atoms with Crippen LogP contribution in [0.5, 0.6) is 11.5 Å². The Labute approximate surface area is 185 Å². The first-order valence-corrected chi connectivity index (χ1v) is 10.7. The van der Waals surface area contributed by atoms with Crippen LogP contribution in [0.25, 0.3) is 6.08 Å². The molecule has 0 heterocycles. The second kappa shape index (κ2) is 13.3. The van der Waals surface area contributed by atoms with E-state index in [0.29, 0.717) is 23.7 Å². The average molecular weight is 431 g/mol. The number of unbranched alkanes of at least 4 members (excludes halogenated alkanes) is 1. The smallest absolute Gasteiger partial charge is 0.348 e. The molecule has 0 N–H and O–H groups in total. The lowest BCUT2D eigenvalue weighted by Crippen LogP contribution is -2.44. The molecule has 0 bridgehead atoms. The molecule has 7 nitrogen and oxygen atoms in total. The monoisotopic (exact) mass is 430 g/mol. The second-order valence-electron chi connectivity index (χ2n) is 7.58. The molecule has 0 spiro atoms. The van der Waals surface area contributed by atoms with E-state index in [0.717, 1.165) is 12.8 Å². The Bertz CT molecular complexity index is 801. The van der Waals surface area contributed by atoms with Gasteiger partial charge in [-0.3, -0.25) is 4.79 Å². The summed E-state index contributed by atoms with van der Waals surface area (Å²) < 4.78 is 16.5. The highest BCUT2D eigenvalue weighted by Crippen LogP contribution is 2.29. The number of ether oxygens (including phenoxy) is 3. The molecule has 1 amide bonds. The number of amides is 1. The van der Waals surface area contributed by atoms with E-state index in [9.17, 15) is 14.9 Å². The molecule has 0 saturated heterocycles. The molecular weight excluding hydrogens is 396 g/mol. The largest absolute Gasteiger partial charge is 0.490 e. The summed E-state index contributed by atoms with van der Waals surface area (Å²) in [7, 11) is 0. The van der Waals surface area contributed by atoms with Gasteiger partial charge in [0.1, 0.15) is 11.6 Å². The maximum absolute atomic E-state index is 12.6. The highest BCUT2D eigenvalue weighted by Gasteiger charge is 2.21. The van der Waals surface area contributed by atoms with Crippen LogP contribution >= 0.6 is 0 Å². The average Bonchev–Trinajstić information content (AvgIpc) is 2.71. The predicted molar refractivity (Wildman–Crippen MR) is 120 cm³/mol. The Morgan fingerprint density at radius 1 is 1.10 bits per heavy atom. The van der Waals surface area contributed by atoms with E-state index >= 15 is 0 Å². The molecule has 0 aliphatic heterocycles. The molecule has 1 aromatic rings. The fourth-order valence-corrected chi connectivity index (χ4v) is 3.08. The van der Waals surface area contributed by atoms with E-state index in [4.69, 9.17) is 14.2 Å². The van der Waals surface area contributed by atoms with Gasteiger partial charge in [-0.25, -0.2) is 4.79 Å². The Balaban J connectivity index is 3.00. The first kappa shape index (κ1) is 26.0. The normalized spacial score (nSPS) is 11.3. The van der Waals surface area contributed by atoms with Crippen molar-refractivity contribution < 1.29 is 23.8 Å². The molecular formula is C24H34N2O5. The molecule has 0 fully saturated rings. The molecule has 0 aliphatic rings. The highest BCUT2D eigenvalue weighted by atomic mass is 16.5. The molecule has 0 aliphatic carbocycles. The number of carbonyl (C=O) groups is 2. The number of hydrogen-bond acceptors (Lipinski definition) is 6. The van der Waals surface area contributed by atoms with E-state index in [1.807, 2.05) is 47.6 Å².